The molecule has 0 radical (unpaired) electrons. The third-order valence-corrected chi connectivity index (χ3v) is 6.99. The van der Waals surface area contributed by atoms with E-state index in [9.17, 15) is 9.59 Å². The second-order valence-electron chi connectivity index (χ2n) is 7.62. The fourth-order valence-electron chi connectivity index (χ4n) is 4.22. The van der Waals surface area contributed by atoms with Crippen LogP contribution in [0.5, 0.6) is 5.75 Å². The maximum atomic E-state index is 12.8. The number of aromatic nitrogens is 2. The number of methoxy groups -OCH3 is 2. The zero-order chi connectivity index (χ0) is 21.1. The minimum atomic E-state index is -0.142. The zero-order valence-corrected chi connectivity index (χ0v) is 18.0. The second kappa shape index (κ2) is 9.00. The van der Waals surface area contributed by atoms with Crippen LogP contribution in [0.2, 0.25) is 0 Å². The van der Waals surface area contributed by atoms with Crippen molar-refractivity contribution in [1.29, 1.82) is 0 Å². The minimum absolute atomic E-state index is 0.0530. The molecule has 2 aromatic carbocycles. The fraction of sp³-hybridized carbons (Fsp3) is 0.391. The Hall–Kier alpha value is -2.67. The van der Waals surface area contributed by atoms with Crippen molar-refractivity contribution in [3.05, 3.63) is 58.5 Å². The maximum Gasteiger partial charge on any atom is 0.326 e. The molecule has 0 spiro atoms. The number of thioether (sulfide) groups is 1. The van der Waals surface area contributed by atoms with E-state index in [0.717, 1.165) is 53.1 Å². The smallest absolute Gasteiger partial charge is 0.326 e. The van der Waals surface area contributed by atoms with E-state index in [1.54, 1.807) is 18.9 Å². The van der Waals surface area contributed by atoms with E-state index in [1.165, 1.54) is 12.7 Å². The number of rotatable bonds is 6. The van der Waals surface area contributed by atoms with Crippen molar-refractivity contribution in [3.63, 3.8) is 0 Å². The number of fused-ring (bicyclic) bond motifs is 1. The van der Waals surface area contributed by atoms with E-state index in [-0.39, 0.29) is 23.6 Å². The first-order chi connectivity index (χ1) is 14.6. The highest BCUT2D eigenvalue weighted by molar-refractivity contribution is 7.98. The van der Waals surface area contributed by atoms with Gasteiger partial charge in [0.25, 0.3) is 0 Å². The first-order valence-electron chi connectivity index (χ1n) is 10.2. The van der Waals surface area contributed by atoms with Crippen molar-refractivity contribution in [3.8, 4) is 5.75 Å². The summed E-state index contributed by atoms with van der Waals surface area (Å²) < 4.78 is 12.0. The highest BCUT2D eigenvalue weighted by Gasteiger charge is 2.29. The number of nitrogens with zero attached hydrogens (tertiary/aromatic N) is 1. The number of aromatic amines is 1. The van der Waals surface area contributed by atoms with Crippen LogP contribution in [-0.2, 0) is 15.3 Å². The predicted octanol–water partition coefficient (Wildman–Crippen LogP) is 4.53. The van der Waals surface area contributed by atoms with Gasteiger partial charge in [-0.2, -0.15) is 0 Å². The van der Waals surface area contributed by atoms with E-state index >= 15 is 0 Å². The standard InChI is InChI=1S/C23H26N2O4S/c1-28-18-12-6-15(7-13-18)14-30-20-5-3-4-19-21(20)24-23(27)25(19)17-10-8-16(9-11-17)22(26)29-2/h3-7,12-13,16-17H,8-11,14H2,1-2H3,(H,24,27). The molecule has 1 heterocycles. The Bertz CT molecular complexity index is 1080. The second-order valence-corrected chi connectivity index (χ2v) is 8.63. The van der Waals surface area contributed by atoms with Gasteiger partial charge in [0.2, 0.25) is 0 Å². The molecule has 1 aromatic heterocycles. The third kappa shape index (κ3) is 4.12. The lowest BCUT2D eigenvalue weighted by Crippen LogP contribution is -2.29. The Labute approximate surface area is 179 Å². The highest BCUT2D eigenvalue weighted by atomic mass is 32.2. The lowest BCUT2D eigenvalue weighted by atomic mass is 9.86. The molecule has 1 aliphatic carbocycles. The molecule has 7 heteroatoms. The molecule has 0 unspecified atom stereocenters. The lowest BCUT2D eigenvalue weighted by molar-refractivity contribution is -0.146. The van der Waals surface area contributed by atoms with Crippen LogP contribution < -0.4 is 10.4 Å². The summed E-state index contributed by atoms with van der Waals surface area (Å²) in [6.45, 7) is 0. The number of esters is 1. The largest absolute Gasteiger partial charge is 0.497 e. The molecule has 4 rings (SSSR count). The Kier molecular flexibility index (Phi) is 6.18. The van der Waals surface area contributed by atoms with Crippen LogP contribution in [-0.4, -0.2) is 29.7 Å². The summed E-state index contributed by atoms with van der Waals surface area (Å²) in [5, 5.41) is 0. The van der Waals surface area contributed by atoms with Gasteiger partial charge in [-0.3, -0.25) is 9.36 Å². The summed E-state index contributed by atoms with van der Waals surface area (Å²) in [5.74, 6) is 1.45. The van der Waals surface area contributed by atoms with Crippen molar-refractivity contribution in [2.24, 2.45) is 5.92 Å². The van der Waals surface area contributed by atoms with E-state index in [0.29, 0.717) is 0 Å². The van der Waals surface area contributed by atoms with Gasteiger partial charge in [-0.15, -0.1) is 11.8 Å². The summed E-state index contributed by atoms with van der Waals surface area (Å²) in [6, 6.07) is 14.2. The molecule has 6 nitrogen and oxygen atoms in total. The van der Waals surface area contributed by atoms with E-state index < -0.39 is 0 Å². The van der Waals surface area contributed by atoms with Crippen LogP contribution in [0.15, 0.2) is 52.2 Å². The molecule has 1 N–H and O–H groups in total. The van der Waals surface area contributed by atoms with Crippen LogP contribution >= 0.6 is 11.8 Å². The summed E-state index contributed by atoms with van der Waals surface area (Å²) in [5.41, 5.74) is 2.93. The van der Waals surface area contributed by atoms with Crippen molar-refractivity contribution < 1.29 is 14.3 Å². The number of nitrogens with one attached hydrogen (secondary N) is 1. The van der Waals surface area contributed by atoms with Crippen LogP contribution in [0.1, 0.15) is 37.3 Å². The number of para-hydroxylation sites is 1. The molecule has 1 fully saturated rings. The molecule has 0 aliphatic heterocycles. The van der Waals surface area contributed by atoms with Gasteiger partial charge in [-0.25, -0.2) is 4.79 Å². The Morgan fingerprint density at radius 3 is 2.50 bits per heavy atom. The summed E-state index contributed by atoms with van der Waals surface area (Å²) in [7, 11) is 3.09. The number of ether oxygens (including phenoxy) is 2. The molecule has 0 saturated heterocycles. The van der Waals surface area contributed by atoms with E-state index in [2.05, 4.69) is 17.1 Å². The van der Waals surface area contributed by atoms with Gasteiger partial charge in [-0.1, -0.05) is 18.2 Å². The highest BCUT2D eigenvalue weighted by Crippen LogP contribution is 2.35. The number of imidazole rings is 1. The van der Waals surface area contributed by atoms with Gasteiger partial charge < -0.3 is 14.5 Å². The fourth-order valence-corrected chi connectivity index (χ4v) is 5.21. The maximum absolute atomic E-state index is 12.8. The number of carbonyl (C=O) groups excluding carboxylic acids is 1. The van der Waals surface area contributed by atoms with Crippen molar-refractivity contribution >= 4 is 28.8 Å². The third-order valence-electron chi connectivity index (χ3n) is 5.86. The molecular formula is C23H26N2O4S. The molecule has 0 bridgehead atoms. The molecule has 30 heavy (non-hydrogen) atoms. The van der Waals surface area contributed by atoms with Crippen LogP contribution in [0.3, 0.4) is 0 Å². The minimum Gasteiger partial charge on any atom is -0.497 e. The predicted molar refractivity (Wildman–Crippen MR) is 118 cm³/mol. The molecule has 1 saturated carbocycles. The van der Waals surface area contributed by atoms with Crippen molar-refractivity contribution in [2.45, 2.75) is 42.4 Å². The van der Waals surface area contributed by atoms with Crippen LogP contribution in [0.25, 0.3) is 11.0 Å². The summed E-state index contributed by atoms with van der Waals surface area (Å²) >= 11 is 1.71. The lowest BCUT2D eigenvalue weighted by Gasteiger charge is -2.27. The van der Waals surface area contributed by atoms with Crippen molar-refractivity contribution in [2.75, 3.05) is 14.2 Å². The first-order valence-corrected chi connectivity index (χ1v) is 11.2. The first kappa shape index (κ1) is 20.6. The topological polar surface area (TPSA) is 73.3 Å². The van der Waals surface area contributed by atoms with E-state index in [1.807, 2.05) is 34.9 Å². The van der Waals surface area contributed by atoms with Crippen LogP contribution in [0.4, 0.5) is 0 Å². The quantitative estimate of drug-likeness (QED) is 0.463. The molecule has 158 valence electrons. The summed E-state index contributed by atoms with van der Waals surface area (Å²) in [6.07, 6.45) is 3.11. The van der Waals surface area contributed by atoms with E-state index in [4.69, 9.17) is 9.47 Å². The summed E-state index contributed by atoms with van der Waals surface area (Å²) in [4.78, 5) is 28.7. The molecule has 0 amide bonds. The van der Waals surface area contributed by atoms with Crippen molar-refractivity contribution in [1.82, 2.24) is 9.55 Å². The molecule has 3 aromatic rings. The van der Waals surface area contributed by atoms with Gasteiger partial charge in [0, 0.05) is 16.7 Å². The monoisotopic (exact) mass is 426 g/mol. The normalized spacial score (nSPS) is 19.0. The van der Waals surface area contributed by atoms with Gasteiger partial charge in [0.15, 0.2) is 0 Å². The number of benzene rings is 2. The average Bonchev–Trinajstić information content (AvgIpc) is 3.14. The number of hydrogen-bond acceptors (Lipinski definition) is 5. The molecule has 0 atom stereocenters. The van der Waals surface area contributed by atoms with Gasteiger partial charge in [0.05, 0.1) is 31.2 Å². The SMILES string of the molecule is COC(=O)C1CCC(n2c(=O)[nH]c3c(SCc4ccc(OC)cc4)cccc32)CC1. The number of H-pyrrole nitrogens is 1. The molecular weight excluding hydrogens is 400 g/mol. The Balaban J connectivity index is 1.53. The van der Waals surface area contributed by atoms with Crippen LogP contribution in [0, 0.1) is 5.92 Å². The average molecular weight is 427 g/mol. The molecule has 1 aliphatic rings. The zero-order valence-electron chi connectivity index (χ0n) is 17.2. The van der Waals surface area contributed by atoms with Gasteiger partial charge in [0.1, 0.15) is 5.75 Å². The van der Waals surface area contributed by atoms with Gasteiger partial charge >= 0.3 is 11.7 Å². The number of carbonyl (C=O) groups is 1. The van der Waals surface area contributed by atoms with Gasteiger partial charge in [-0.05, 0) is 55.5 Å². The number of hydrogen-bond donors (Lipinski definition) is 1. The Morgan fingerprint density at radius 2 is 1.83 bits per heavy atom. The Morgan fingerprint density at radius 1 is 1.10 bits per heavy atom.